The number of aldehydes is 1. The SMILES string of the molecule is Cc1ccc(Cl)cc1N1C(=O)c2cc(C=O)nn2CC1(C)C. The second kappa shape index (κ2) is 4.95. The van der Waals surface area contributed by atoms with E-state index in [0.717, 1.165) is 11.3 Å². The highest BCUT2D eigenvalue weighted by Crippen LogP contribution is 2.35. The van der Waals surface area contributed by atoms with Crippen molar-refractivity contribution in [1.29, 1.82) is 0 Å². The van der Waals surface area contributed by atoms with E-state index in [2.05, 4.69) is 5.10 Å². The molecule has 0 atom stereocenters. The summed E-state index contributed by atoms with van der Waals surface area (Å²) in [6, 6.07) is 7.01. The predicted octanol–water partition coefficient (Wildman–Crippen LogP) is 3.10. The first-order chi connectivity index (χ1) is 10.3. The van der Waals surface area contributed by atoms with Gasteiger partial charge >= 0.3 is 0 Å². The van der Waals surface area contributed by atoms with E-state index >= 15 is 0 Å². The molecule has 0 spiro atoms. The Labute approximate surface area is 133 Å². The van der Waals surface area contributed by atoms with Gasteiger partial charge in [0, 0.05) is 10.7 Å². The van der Waals surface area contributed by atoms with Gasteiger partial charge in [0.2, 0.25) is 0 Å². The summed E-state index contributed by atoms with van der Waals surface area (Å²) in [5.41, 5.74) is 1.95. The molecule has 22 heavy (non-hydrogen) atoms. The molecule has 0 radical (unpaired) electrons. The summed E-state index contributed by atoms with van der Waals surface area (Å²) < 4.78 is 1.60. The third-order valence-electron chi connectivity index (χ3n) is 3.90. The van der Waals surface area contributed by atoms with Gasteiger partial charge in [0.25, 0.3) is 5.91 Å². The normalized spacial score (nSPS) is 16.5. The molecule has 1 aromatic heterocycles. The number of aromatic nitrogens is 2. The van der Waals surface area contributed by atoms with Gasteiger partial charge in [-0.2, -0.15) is 5.10 Å². The highest BCUT2D eigenvalue weighted by Gasteiger charge is 2.40. The standard InChI is InChI=1S/C16H16ClN3O2/c1-10-4-5-11(17)6-13(10)20-15(22)14-7-12(8-21)18-19(14)9-16(20,2)3/h4-8H,9H2,1-3H3. The summed E-state index contributed by atoms with van der Waals surface area (Å²) in [5, 5.41) is 4.74. The molecule has 0 unspecified atom stereocenters. The molecule has 0 saturated heterocycles. The van der Waals surface area contributed by atoms with Crippen LogP contribution < -0.4 is 4.90 Å². The van der Waals surface area contributed by atoms with Gasteiger partial charge in [-0.05, 0) is 44.5 Å². The fourth-order valence-corrected chi connectivity index (χ4v) is 3.04. The molecule has 0 saturated carbocycles. The van der Waals surface area contributed by atoms with Gasteiger partial charge in [-0.15, -0.1) is 0 Å². The lowest BCUT2D eigenvalue weighted by Crippen LogP contribution is -2.55. The number of rotatable bonds is 2. The lowest BCUT2D eigenvalue weighted by Gasteiger charge is -2.42. The fourth-order valence-electron chi connectivity index (χ4n) is 2.87. The van der Waals surface area contributed by atoms with Crippen LogP contribution in [0.1, 0.15) is 40.4 Å². The molecule has 5 nitrogen and oxygen atoms in total. The Morgan fingerprint density at radius 3 is 2.73 bits per heavy atom. The molecule has 0 aliphatic carbocycles. The number of carbonyl (C=O) groups excluding carboxylic acids is 2. The van der Waals surface area contributed by atoms with Crippen LogP contribution in [0.2, 0.25) is 5.02 Å². The van der Waals surface area contributed by atoms with Crippen molar-refractivity contribution in [2.24, 2.45) is 0 Å². The number of carbonyl (C=O) groups is 2. The maximum absolute atomic E-state index is 12.9. The zero-order valence-corrected chi connectivity index (χ0v) is 13.4. The number of amides is 1. The first kappa shape index (κ1) is 14.8. The van der Waals surface area contributed by atoms with Gasteiger partial charge in [-0.1, -0.05) is 17.7 Å². The van der Waals surface area contributed by atoms with E-state index in [4.69, 9.17) is 11.6 Å². The second-order valence-electron chi connectivity index (χ2n) is 6.11. The van der Waals surface area contributed by atoms with Crippen molar-refractivity contribution >= 4 is 29.5 Å². The molecule has 1 aromatic carbocycles. The van der Waals surface area contributed by atoms with E-state index < -0.39 is 5.54 Å². The molecule has 1 aliphatic rings. The van der Waals surface area contributed by atoms with Crippen molar-refractivity contribution in [1.82, 2.24) is 9.78 Å². The first-order valence-electron chi connectivity index (χ1n) is 6.97. The molecule has 2 heterocycles. The zero-order chi connectivity index (χ0) is 16.1. The summed E-state index contributed by atoms with van der Waals surface area (Å²) in [6.07, 6.45) is 0.653. The summed E-state index contributed by atoms with van der Waals surface area (Å²) in [7, 11) is 0. The highest BCUT2D eigenvalue weighted by atomic mass is 35.5. The van der Waals surface area contributed by atoms with E-state index in [-0.39, 0.29) is 11.6 Å². The van der Waals surface area contributed by atoms with Crippen LogP contribution in [-0.2, 0) is 6.54 Å². The molecule has 0 fully saturated rings. The molecule has 6 heteroatoms. The Bertz CT molecular complexity index is 780. The number of aryl methyl sites for hydroxylation is 1. The summed E-state index contributed by atoms with van der Waals surface area (Å²) in [5.74, 6) is -0.179. The Morgan fingerprint density at radius 2 is 2.05 bits per heavy atom. The Kier molecular flexibility index (Phi) is 3.33. The molecule has 0 N–H and O–H groups in total. The second-order valence-corrected chi connectivity index (χ2v) is 6.55. The van der Waals surface area contributed by atoms with Crippen molar-refractivity contribution < 1.29 is 9.59 Å². The minimum Gasteiger partial charge on any atom is -0.299 e. The van der Waals surface area contributed by atoms with Crippen LogP contribution in [-0.4, -0.2) is 27.5 Å². The molecule has 1 amide bonds. The van der Waals surface area contributed by atoms with Crippen molar-refractivity contribution in [2.45, 2.75) is 32.9 Å². The quantitative estimate of drug-likeness (QED) is 0.800. The van der Waals surface area contributed by atoms with Gasteiger partial charge in [-0.25, -0.2) is 0 Å². The third-order valence-corrected chi connectivity index (χ3v) is 4.13. The molecule has 0 bridgehead atoms. The smallest absolute Gasteiger partial charge is 0.277 e. The van der Waals surface area contributed by atoms with Gasteiger partial charge in [0.1, 0.15) is 11.4 Å². The van der Waals surface area contributed by atoms with Gasteiger partial charge in [0.15, 0.2) is 6.29 Å². The Hall–Kier alpha value is -2.14. The number of halogens is 1. The number of fused-ring (bicyclic) bond motifs is 1. The largest absolute Gasteiger partial charge is 0.299 e. The van der Waals surface area contributed by atoms with Gasteiger partial charge in [-0.3, -0.25) is 19.2 Å². The molecular formula is C16H16ClN3O2. The summed E-state index contributed by atoms with van der Waals surface area (Å²) in [6.45, 7) is 6.39. The van der Waals surface area contributed by atoms with Crippen LogP contribution in [0.5, 0.6) is 0 Å². The number of hydrogen-bond acceptors (Lipinski definition) is 3. The highest BCUT2D eigenvalue weighted by molar-refractivity contribution is 6.31. The number of anilines is 1. The van der Waals surface area contributed by atoms with Crippen LogP contribution in [0.3, 0.4) is 0 Å². The molecule has 114 valence electrons. The van der Waals surface area contributed by atoms with Crippen LogP contribution in [0.4, 0.5) is 5.69 Å². The maximum Gasteiger partial charge on any atom is 0.277 e. The van der Waals surface area contributed by atoms with E-state index in [9.17, 15) is 9.59 Å². The number of nitrogens with zero attached hydrogens (tertiary/aromatic N) is 3. The van der Waals surface area contributed by atoms with Gasteiger partial charge in [0.05, 0.1) is 12.1 Å². The lowest BCUT2D eigenvalue weighted by atomic mass is 9.97. The minimum absolute atomic E-state index is 0.179. The minimum atomic E-state index is -0.480. The molecule has 3 rings (SSSR count). The van der Waals surface area contributed by atoms with Crippen LogP contribution in [0, 0.1) is 6.92 Å². The van der Waals surface area contributed by atoms with Crippen LogP contribution in [0.25, 0.3) is 0 Å². The predicted molar refractivity (Wildman–Crippen MR) is 84.7 cm³/mol. The van der Waals surface area contributed by atoms with E-state index in [1.165, 1.54) is 6.07 Å². The van der Waals surface area contributed by atoms with E-state index in [0.29, 0.717) is 23.5 Å². The van der Waals surface area contributed by atoms with Crippen molar-refractivity contribution in [3.05, 3.63) is 46.2 Å². The van der Waals surface area contributed by atoms with Crippen molar-refractivity contribution in [2.75, 3.05) is 4.90 Å². The van der Waals surface area contributed by atoms with Gasteiger partial charge < -0.3 is 0 Å². The van der Waals surface area contributed by atoms with E-state index in [1.807, 2.05) is 26.8 Å². The molecule has 1 aliphatic heterocycles. The first-order valence-corrected chi connectivity index (χ1v) is 7.35. The van der Waals surface area contributed by atoms with Crippen LogP contribution >= 0.6 is 11.6 Å². The molecule has 2 aromatic rings. The summed E-state index contributed by atoms with van der Waals surface area (Å²) >= 11 is 6.10. The molecular weight excluding hydrogens is 302 g/mol. The Balaban J connectivity index is 2.17. The lowest BCUT2D eigenvalue weighted by molar-refractivity contribution is 0.0916. The monoisotopic (exact) mass is 317 g/mol. The topological polar surface area (TPSA) is 55.2 Å². The third kappa shape index (κ3) is 2.22. The Morgan fingerprint density at radius 1 is 1.32 bits per heavy atom. The maximum atomic E-state index is 12.9. The average molecular weight is 318 g/mol. The zero-order valence-electron chi connectivity index (χ0n) is 12.6. The van der Waals surface area contributed by atoms with E-state index in [1.54, 1.807) is 21.7 Å². The summed E-state index contributed by atoms with van der Waals surface area (Å²) in [4.78, 5) is 25.6. The van der Waals surface area contributed by atoms with Crippen LogP contribution in [0.15, 0.2) is 24.3 Å². The van der Waals surface area contributed by atoms with Crippen molar-refractivity contribution in [3.63, 3.8) is 0 Å². The number of benzene rings is 1. The fraction of sp³-hybridized carbons (Fsp3) is 0.312. The van der Waals surface area contributed by atoms with Crippen molar-refractivity contribution in [3.8, 4) is 0 Å². The average Bonchev–Trinajstić information content (AvgIpc) is 2.84. The number of hydrogen-bond donors (Lipinski definition) is 0.